The van der Waals surface area contributed by atoms with Crippen LogP contribution in [0.15, 0.2) is 30.3 Å². The number of likely N-dealkylation sites (N-methyl/N-ethyl adjacent to an activating group) is 1. The number of carbonyl (C=O) groups excluding carboxylic acids is 1. The molecule has 5 heteroatoms. The van der Waals surface area contributed by atoms with Gasteiger partial charge in [0, 0.05) is 42.4 Å². The van der Waals surface area contributed by atoms with Crippen molar-refractivity contribution in [2.24, 2.45) is 0 Å². The van der Waals surface area contributed by atoms with E-state index in [0.29, 0.717) is 26.3 Å². The summed E-state index contributed by atoms with van der Waals surface area (Å²) in [4.78, 5) is 14.7. The quantitative estimate of drug-likeness (QED) is 0.808. The molecule has 1 saturated heterocycles. The number of hydrogen-bond acceptors (Lipinski definition) is 3. The van der Waals surface area contributed by atoms with Crippen LogP contribution in [0.4, 0.5) is 0 Å². The number of nitrogens with zero attached hydrogens (tertiary/aromatic N) is 1. The SMILES string of the molecule is CCN(CC)C(=O)[C@H](c1ccccc1)[S@](=O)C1CCOCC1. The van der Waals surface area contributed by atoms with E-state index in [0.717, 1.165) is 18.4 Å². The Kier molecular flexibility index (Phi) is 6.58. The highest BCUT2D eigenvalue weighted by atomic mass is 32.2. The lowest BCUT2D eigenvalue weighted by Crippen LogP contribution is -2.39. The van der Waals surface area contributed by atoms with Crippen molar-refractivity contribution < 1.29 is 13.7 Å². The summed E-state index contributed by atoms with van der Waals surface area (Å²) in [5, 5.41) is -0.525. The third kappa shape index (κ3) is 3.96. The predicted octanol–water partition coefficient (Wildman–Crippen LogP) is 2.52. The van der Waals surface area contributed by atoms with E-state index in [2.05, 4.69) is 0 Å². The summed E-state index contributed by atoms with van der Waals surface area (Å²) in [6.45, 7) is 6.48. The number of ether oxygens (including phenoxy) is 1. The van der Waals surface area contributed by atoms with E-state index in [1.165, 1.54) is 0 Å². The molecule has 1 amide bonds. The van der Waals surface area contributed by atoms with Gasteiger partial charge in [-0.15, -0.1) is 0 Å². The van der Waals surface area contributed by atoms with Crippen LogP contribution in [0.3, 0.4) is 0 Å². The summed E-state index contributed by atoms with van der Waals surface area (Å²) in [6, 6.07) is 9.53. The lowest BCUT2D eigenvalue weighted by atomic mass is 10.1. The van der Waals surface area contributed by atoms with Crippen LogP contribution in [0.25, 0.3) is 0 Å². The highest BCUT2D eigenvalue weighted by Gasteiger charge is 2.35. The lowest BCUT2D eigenvalue weighted by Gasteiger charge is -2.29. The number of hydrogen-bond donors (Lipinski definition) is 0. The van der Waals surface area contributed by atoms with Gasteiger partial charge in [0.15, 0.2) is 0 Å². The van der Waals surface area contributed by atoms with Crippen molar-refractivity contribution in [2.45, 2.75) is 37.2 Å². The van der Waals surface area contributed by atoms with Gasteiger partial charge in [0.05, 0.1) is 0 Å². The second-order valence-electron chi connectivity index (χ2n) is 5.44. The summed E-state index contributed by atoms with van der Waals surface area (Å²) in [6.07, 6.45) is 1.53. The molecule has 2 atom stereocenters. The van der Waals surface area contributed by atoms with E-state index in [1.54, 1.807) is 4.90 Å². The van der Waals surface area contributed by atoms with E-state index in [4.69, 9.17) is 4.74 Å². The molecule has 2 rings (SSSR count). The van der Waals surface area contributed by atoms with Gasteiger partial charge in [-0.05, 0) is 32.3 Å². The standard InChI is InChI=1S/C17H25NO3S/c1-3-18(4-2)17(19)16(14-8-6-5-7-9-14)22(20)15-10-12-21-13-11-15/h5-9,15-16H,3-4,10-13H2,1-2H3/t16-,22+/m0/s1. The molecule has 0 unspecified atom stereocenters. The molecule has 0 N–H and O–H groups in total. The summed E-state index contributed by atoms with van der Waals surface area (Å²) < 4.78 is 18.4. The van der Waals surface area contributed by atoms with Crippen molar-refractivity contribution in [3.8, 4) is 0 Å². The Balaban J connectivity index is 2.28. The number of rotatable bonds is 6. The minimum atomic E-state index is -1.22. The molecule has 0 radical (unpaired) electrons. The van der Waals surface area contributed by atoms with Gasteiger partial charge in [-0.3, -0.25) is 9.00 Å². The first-order valence-corrected chi connectivity index (χ1v) is 9.27. The van der Waals surface area contributed by atoms with Gasteiger partial charge in [-0.25, -0.2) is 0 Å². The van der Waals surface area contributed by atoms with Crippen LogP contribution in [-0.4, -0.2) is 46.6 Å². The molecule has 0 saturated carbocycles. The van der Waals surface area contributed by atoms with Crippen molar-refractivity contribution in [1.29, 1.82) is 0 Å². The molecular weight excluding hydrogens is 298 g/mol. The first-order valence-electron chi connectivity index (χ1n) is 7.99. The second kappa shape index (κ2) is 8.44. The van der Waals surface area contributed by atoms with Crippen LogP contribution >= 0.6 is 0 Å². The zero-order valence-electron chi connectivity index (χ0n) is 13.4. The van der Waals surface area contributed by atoms with E-state index in [9.17, 15) is 9.00 Å². The Bertz CT molecular complexity index is 496. The summed E-state index contributed by atoms with van der Waals surface area (Å²) in [7, 11) is -1.22. The highest BCUT2D eigenvalue weighted by molar-refractivity contribution is 7.86. The number of amides is 1. The third-order valence-corrected chi connectivity index (χ3v) is 6.20. The topological polar surface area (TPSA) is 46.6 Å². The smallest absolute Gasteiger partial charge is 0.242 e. The molecule has 0 spiro atoms. The Morgan fingerprint density at radius 2 is 1.82 bits per heavy atom. The zero-order chi connectivity index (χ0) is 15.9. The average molecular weight is 323 g/mol. The molecule has 1 aromatic carbocycles. The Morgan fingerprint density at radius 3 is 2.36 bits per heavy atom. The highest BCUT2D eigenvalue weighted by Crippen LogP contribution is 2.28. The van der Waals surface area contributed by atoms with E-state index < -0.39 is 16.0 Å². The number of benzene rings is 1. The maximum Gasteiger partial charge on any atom is 0.242 e. The van der Waals surface area contributed by atoms with Crippen LogP contribution in [-0.2, 0) is 20.3 Å². The molecule has 1 fully saturated rings. The largest absolute Gasteiger partial charge is 0.381 e. The van der Waals surface area contributed by atoms with Crippen molar-refractivity contribution in [3.05, 3.63) is 35.9 Å². The Labute approximate surface area is 135 Å². The summed E-state index contributed by atoms with van der Waals surface area (Å²) in [5.41, 5.74) is 0.851. The van der Waals surface area contributed by atoms with Crippen molar-refractivity contribution in [3.63, 3.8) is 0 Å². The van der Waals surface area contributed by atoms with E-state index in [1.807, 2.05) is 44.2 Å². The molecule has 0 bridgehead atoms. The van der Waals surface area contributed by atoms with Crippen molar-refractivity contribution in [2.75, 3.05) is 26.3 Å². The lowest BCUT2D eigenvalue weighted by molar-refractivity contribution is -0.130. The molecule has 1 heterocycles. The Morgan fingerprint density at radius 1 is 1.23 bits per heavy atom. The fourth-order valence-corrected chi connectivity index (χ4v) is 4.62. The fourth-order valence-electron chi connectivity index (χ4n) is 2.81. The molecule has 4 nitrogen and oxygen atoms in total. The van der Waals surface area contributed by atoms with Crippen molar-refractivity contribution in [1.82, 2.24) is 4.90 Å². The monoisotopic (exact) mass is 323 g/mol. The predicted molar refractivity (Wildman–Crippen MR) is 89.1 cm³/mol. The average Bonchev–Trinajstić information content (AvgIpc) is 2.58. The van der Waals surface area contributed by atoms with E-state index >= 15 is 0 Å². The van der Waals surface area contributed by atoms with Gasteiger partial charge in [-0.2, -0.15) is 0 Å². The maximum atomic E-state index is 13.1. The molecule has 22 heavy (non-hydrogen) atoms. The molecule has 1 aliphatic heterocycles. The molecule has 122 valence electrons. The van der Waals surface area contributed by atoms with Gasteiger partial charge in [0.2, 0.25) is 5.91 Å². The van der Waals surface area contributed by atoms with Gasteiger partial charge >= 0.3 is 0 Å². The second-order valence-corrected chi connectivity index (χ2v) is 7.24. The maximum absolute atomic E-state index is 13.1. The summed E-state index contributed by atoms with van der Waals surface area (Å²) >= 11 is 0. The van der Waals surface area contributed by atoms with Crippen LogP contribution in [0.2, 0.25) is 0 Å². The van der Waals surface area contributed by atoms with Gasteiger partial charge in [0.1, 0.15) is 5.25 Å². The van der Waals surface area contributed by atoms with Gasteiger partial charge < -0.3 is 9.64 Å². The summed E-state index contributed by atoms with van der Waals surface area (Å²) in [5.74, 6) is -0.0268. The van der Waals surface area contributed by atoms with Crippen molar-refractivity contribution >= 4 is 16.7 Å². The van der Waals surface area contributed by atoms with Gasteiger partial charge in [-0.1, -0.05) is 30.3 Å². The van der Waals surface area contributed by atoms with Crippen LogP contribution in [0.5, 0.6) is 0 Å². The van der Waals surface area contributed by atoms with Crippen LogP contribution < -0.4 is 0 Å². The molecular formula is C17H25NO3S. The normalized spacial score (nSPS) is 18.6. The molecule has 1 aromatic rings. The van der Waals surface area contributed by atoms with Gasteiger partial charge in [0.25, 0.3) is 0 Å². The van der Waals surface area contributed by atoms with Crippen LogP contribution in [0, 0.1) is 0 Å². The fraction of sp³-hybridized carbons (Fsp3) is 0.588. The molecule has 0 aliphatic carbocycles. The first-order chi connectivity index (χ1) is 10.7. The third-order valence-electron chi connectivity index (χ3n) is 4.13. The minimum absolute atomic E-state index is 0.0268. The number of carbonyl (C=O) groups is 1. The molecule has 1 aliphatic rings. The first kappa shape index (κ1) is 17.2. The Hall–Kier alpha value is -1.20. The van der Waals surface area contributed by atoms with E-state index in [-0.39, 0.29) is 11.2 Å². The zero-order valence-corrected chi connectivity index (χ0v) is 14.2. The van der Waals surface area contributed by atoms with Crippen LogP contribution in [0.1, 0.15) is 37.5 Å². The molecule has 0 aromatic heterocycles. The minimum Gasteiger partial charge on any atom is -0.381 e.